The van der Waals surface area contributed by atoms with Gasteiger partial charge in [0.05, 0.1) is 26.4 Å². The molecular formula is C84H164O17P2. The SMILES string of the molecule is CCC(C)CCCCCCCCCCCCCCCCCCCCC(=O)O[C@H](COC(=O)CCCCCCCCCCCCCCC(C)C)COP(=O)(O)OC[C@@H](O)COP(=O)(O)OC[C@@H](COC(=O)CCCCCCCCC(C)CC)OC(=O)CCCCCCCCCCCCCCCC(C)C. The fourth-order valence-electron chi connectivity index (χ4n) is 12.9. The Morgan fingerprint density at radius 2 is 0.466 bits per heavy atom. The van der Waals surface area contributed by atoms with Crippen molar-refractivity contribution >= 4 is 39.5 Å². The first kappa shape index (κ1) is 101. The summed E-state index contributed by atoms with van der Waals surface area (Å²) in [6.07, 6.45) is 61.1. The molecule has 4 unspecified atom stereocenters. The molecule has 0 bridgehead atoms. The van der Waals surface area contributed by atoms with Crippen molar-refractivity contribution in [2.24, 2.45) is 23.7 Å². The van der Waals surface area contributed by atoms with Gasteiger partial charge in [0.1, 0.15) is 19.3 Å². The van der Waals surface area contributed by atoms with E-state index in [1.54, 1.807) is 0 Å². The number of carbonyl (C=O) groups is 4. The third-order valence-electron chi connectivity index (χ3n) is 20.3. The fourth-order valence-corrected chi connectivity index (χ4v) is 14.5. The van der Waals surface area contributed by atoms with E-state index in [0.717, 1.165) is 120 Å². The third-order valence-corrected chi connectivity index (χ3v) is 22.2. The predicted octanol–water partition coefficient (Wildman–Crippen LogP) is 25.2. The van der Waals surface area contributed by atoms with Gasteiger partial charge in [0, 0.05) is 25.7 Å². The summed E-state index contributed by atoms with van der Waals surface area (Å²) in [4.78, 5) is 73.1. The highest BCUT2D eigenvalue weighted by molar-refractivity contribution is 7.47. The first-order chi connectivity index (χ1) is 49.7. The molecular weight excluding hydrogens is 1340 g/mol. The van der Waals surface area contributed by atoms with Gasteiger partial charge in [0.2, 0.25) is 0 Å². The Balaban J connectivity index is 5.23. The van der Waals surface area contributed by atoms with Crippen molar-refractivity contribution in [2.45, 2.75) is 453 Å². The Kier molecular flexibility index (Phi) is 71.5. The number of phosphoric ester groups is 2. The predicted molar refractivity (Wildman–Crippen MR) is 423 cm³/mol. The van der Waals surface area contributed by atoms with Gasteiger partial charge in [-0.1, -0.05) is 383 Å². The van der Waals surface area contributed by atoms with Crippen molar-refractivity contribution in [3.8, 4) is 0 Å². The molecule has 3 N–H and O–H groups in total. The quantitative estimate of drug-likeness (QED) is 0.0222. The van der Waals surface area contributed by atoms with Crippen molar-refractivity contribution < 1.29 is 80.2 Å². The maximum Gasteiger partial charge on any atom is 0.472 e. The van der Waals surface area contributed by atoms with Gasteiger partial charge in [0.15, 0.2) is 12.2 Å². The number of aliphatic hydroxyl groups excluding tert-OH is 1. The van der Waals surface area contributed by atoms with Gasteiger partial charge in [-0.2, -0.15) is 0 Å². The van der Waals surface area contributed by atoms with Crippen LogP contribution in [0.25, 0.3) is 0 Å². The molecule has 0 rings (SSSR count). The van der Waals surface area contributed by atoms with Crippen molar-refractivity contribution in [1.29, 1.82) is 0 Å². The maximum atomic E-state index is 13.1. The monoisotopic (exact) mass is 1510 g/mol. The molecule has 0 aliphatic carbocycles. The summed E-state index contributed by atoms with van der Waals surface area (Å²) in [5, 5.41) is 10.7. The summed E-state index contributed by atoms with van der Waals surface area (Å²) in [5.41, 5.74) is 0. The molecule has 0 saturated carbocycles. The minimum Gasteiger partial charge on any atom is -0.462 e. The topological polar surface area (TPSA) is 237 Å². The minimum absolute atomic E-state index is 0.106. The highest BCUT2D eigenvalue weighted by Crippen LogP contribution is 2.45. The van der Waals surface area contributed by atoms with Crippen LogP contribution in [0, 0.1) is 23.7 Å². The van der Waals surface area contributed by atoms with Crippen LogP contribution in [0.2, 0.25) is 0 Å². The Morgan fingerprint density at radius 1 is 0.272 bits per heavy atom. The van der Waals surface area contributed by atoms with Gasteiger partial charge in [-0.25, -0.2) is 9.13 Å². The Bertz CT molecular complexity index is 2010. The Labute approximate surface area is 632 Å². The second kappa shape index (κ2) is 72.9. The van der Waals surface area contributed by atoms with Crippen LogP contribution in [0.5, 0.6) is 0 Å². The van der Waals surface area contributed by atoms with Crippen LogP contribution < -0.4 is 0 Å². The summed E-state index contributed by atoms with van der Waals surface area (Å²) in [6, 6.07) is 0. The lowest BCUT2D eigenvalue weighted by Gasteiger charge is -2.21. The summed E-state index contributed by atoms with van der Waals surface area (Å²) in [7, 11) is -9.93. The van der Waals surface area contributed by atoms with Crippen LogP contribution >= 0.6 is 15.6 Å². The lowest BCUT2D eigenvalue weighted by molar-refractivity contribution is -0.161. The number of rotatable bonds is 81. The number of carbonyl (C=O) groups excluding carboxylic acids is 4. The molecule has 0 amide bonds. The van der Waals surface area contributed by atoms with E-state index >= 15 is 0 Å². The van der Waals surface area contributed by atoms with Crippen LogP contribution in [-0.2, 0) is 65.4 Å². The molecule has 17 nitrogen and oxygen atoms in total. The maximum absolute atomic E-state index is 13.1. The van der Waals surface area contributed by atoms with Gasteiger partial charge >= 0.3 is 39.5 Å². The molecule has 0 spiro atoms. The van der Waals surface area contributed by atoms with Crippen molar-refractivity contribution in [2.75, 3.05) is 39.6 Å². The van der Waals surface area contributed by atoms with E-state index in [-0.39, 0.29) is 25.7 Å². The number of hydrogen-bond donors (Lipinski definition) is 3. The molecule has 0 aromatic rings. The lowest BCUT2D eigenvalue weighted by Crippen LogP contribution is -2.30. The van der Waals surface area contributed by atoms with Crippen LogP contribution in [0.3, 0.4) is 0 Å². The highest BCUT2D eigenvalue weighted by Gasteiger charge is 2.30. The fraction of sp³-hybridized carbons (Fsp3) is 0.952. The summed E-state index contributed by atoms with van der Waals surface area (Å²) < 4.78 is 68.8. The summed E-state index contributed by atoms with van der Waals surface area (Å²) in [5.74, 6) is 1.06. The lowest BCUT2D eigenvalue weighted by atomic mass is 9.99. The molecule has 0 aromatic heterocycles. The van der Waals surface area contributed by atoms with Crippen LogP contribution in [0.1, 0.15) is 434 Å². The van der Waals surface area contributed by atoms with E-state index in [0.29, 0.717) is 25.7 Å². The number of phosphoric acid groups is 2. The molecule has 612 valence electrons. The Morgan fingerprint density at radius 3 is 0.689 bits per heavy atom. The minimum atomic E-state index is -4.97. The largest absolute Gasteiger partial charge is 0.472 e. The zero-order valence-corrected chi connectivity index (χ0v) is 69.7. The van der Waals surface area contributed by atoms with Gasteiger partial charge in [-0.3, -0.25) is 37.3 Å². The second-order valence-corrected chi connectivity index (χ2v) is 34.6. The molecule has 0 heterocycles. The van der Waals surface area contributed by atoms with E-state index in [2.05, 4.69) is 55.4 Å². The number of hydrogen-bond acceptors (Lipinski definition) is 15. The Hall–Kier alpha value is -1.94. The zero-order chi connectivity index (χ0) is 76.0. The average Bonchev–Trinajstić information content (AvgIpc) is 0.911. The number of esters is 4. The van der Waals surface area contributed by atoms with E-state index in [1.165, 1.54) is 231 Å². The van der Waals surface area contributed by atoms with Crippen molar-refractivity contribution in [3.05, 3.63) is 0 Å². The highest BCUT2D eigenvalue weighted by atomic mass is 31.2. The molecule has 7 atom stereocenters. The van der Waals surface area contributed by atoms with Gasteiger partial charge in [-0.15, -0.1) is 0 Å². The molecule has 0 fully saturated rings. The summed E-state index contributed by atoms with van der Waals surface area (Å²) in [6.45, 7) is 14.3. The van der Waals surface area contributed by atoms with Gasteiger partial charge < -0.3 is 33.8 Å². The number of aliphatic hydroxyl groups is 1. The molecule has 0 aliphatic rings. The average molecular weight is 1510 g/mol. The number of ether oxygens (including phenoxy) is 4. The van der Waals surface area contributed by atoms with Crippen LogP contribution in [0.4, 0.5) is 0 Å². The van der Waals surface area contributed by atoms with E-state index in [9.17, 15) is 43.2 Å². The smallest absolute Gasteiger partial charge is 0.462 e. The number of unbranched alkanes of at least 4 members (excludes halogenated alkanes) is 45. The molecule has 0 saturated heterocycles. The molecule has 0 aromatic carbocycles. The van der Waals surface area contributed by atoms with E-state index in [4.69, 9.17) is 37.0 Å². The standard InChI is InChI=1S/C84H164O17P2/c1-9-76(7)62-54-46-38-32-26-19-15-13-11-12-14-16-20-28-34-40-50-58-66-83(88)100-79(70-94-81(86)64-56-48-39-33-27-23-22-25-31-37-45-53-61-75(5)6)72-98-102(90,91)96-68-78(85)69-97-103(92,93)99-73-80(71-95-82(87)65-57-49-43-42-47-55-63-77(8)10-2)101-84(89)67-59-51-41-35-29-21-17-18-24-30-36-44-52-60-74(3)4/h74-80,85H,9-73H2,1-8H3,(H,90,91)(H,92,93)/t76?,77?,78-,79-,80-/m1/s1. The third kappa shape index (κ3) is 75.3. The van der Waals surface area contributed by atoms with Crippen molar-refractivity contribution in [1.82, 2.24) is 0 Å². The summed E-state index contributed by atoms with van der Waals surface area (Å²) >= 11 is 0. The zero-order valence-electron chi connectivity index (χ0n) is 68.0. The van der Waals surface area contributed by atoms with Crippen LogP contribution in [-0.4, -0.2) is 96.7 Å². The normalized spacial score (nSPS) is 14.5. The molecule has 0 aliphatic heterocycles. The molecule has 103 heavy (non-hydrogen) atoms. The van der Waals surface area contributed by atoms with Crippen molar-refractivity contribution in [3.63, 3.8) is 0 Å². The second-order valence-electron chi connectivity index (χ2n) is 31.7. The molecule has 0 radical (unpaired) electrons. The van der Waals surface area contributed by atoms with Gasteiger partial charge in [-0.05, 0) is 49.4 Å². The van der Waals surface area contributed by atoms with Gasteiger partial charge in [0.25, 0.3) is 0 Å². The van der Waals surface area contributed by atoms with E-state index < -0.39 is 97.5 Å². The molecule has 19 heteroatoms. The first-order valence-corrected chi connectivity index (χ1v) is 46.3. The van der Waals surface area contributed by atoms with Crippen LogP contribution in [0.15, 0.2) is 0 Å². The van der Waals surface area contributed by atoms with E-state index in [1.807, 2.05) is 0 Å². The first-order valence-electron chi connectivity index (χ1n) is 43.3.